The number of ether oxygens (including phenoxy) is 1. The van der Waals surface area contributed by atoms with Gasteiger partial charge in [-0.1, -0.05) is 38.5 Å². The number of Topliss-reactive ketones (excluding diaryl/α,β-unsaturated/α-hetero) is 1. The van der Waals surface area contributed by atoms with E-state index in [1.54, 1.807) is 7.11 Å². The molecule has 1 saturated heterocycles. The van der Waals surface area contributed by atoms with Gasteiger partial charge in [-0.3, -0.25) is 14.6 Å². The Labute approximate surface area is 168 Å². The number of hydrogen-bond acceptors (Lipinski definition) is 4. The van der Waals surface area contributed by atoms with Crippen LogP contribution in [0.25, 0.3) is 10.8 Å². The molecule has 1 unspecified atom stereocenters. The average molecular weight is 381 g/mol. The third kappa shape index (κ3) is 3.94. The maximum absolute atomic E-state index is 13.5. The number of ketones is 1. The summed E-state index contributed by atoms with van der Waals surface area (Å²) in [6, 6.07) is 12.8. The lowest BCUT2D eigenvalue weighted by Crippen LogP contribution is -2.60. The van der Waals surface area contributed by atoms with Gasteiger partial charge in [0.1, 0.15) is 5.75 Å². The van der Waals surface area contributed by atoms with Crippen LogP contribution < -0.4 is 4.74 Å². The van der Waals surface area contributed by atoms with Gasteiger partial charge < -0.3 is 4.74 Å². The molecular formula is C24H32N2O2. The molecule has 0 amide bonds. The zero-order valence-electron chi connectivity index (χ0n) is 17.4. The number of methoxy groups -OCH3 is 1. The molecule has 0 bridgehead atoms. The summed E-state index contributed by atoms with van der Waals surface area (Å²) < 4.78 is 5.32. The summed E-state index contributed by atoms with van der Waals surface area (Å²) in [6.45, 7) is 8.43. The Morgan fingerprint density at radius 2 is 1.86 bits per heavy atom. The number of hydrogen-bond donors (Lipinski definition) is 0. The molecule has 1 aliphatic carbocycles. The van der Waals surface area contributed by atoms with Gasteiger partial charge in [-0.2, -0.15) is 0 Å². The first-order chi connectivity index (χ1) is 13.5. The van der Waals surface area contributed by atoms with Crippen molar-refractivity contribution >= 4 is 16.6 Å². The maximum atomic E-state index is 13.5. The Hall–Kier alpha value is -1.91. The first-order valence-electron chi connectivity index (χ1n) is 10.7. The first kappa shape index (κ1) is 19.4. The van der Waals surface area contributed by atoms with Gasteiger partial charge >= 0.3 is 0 Å². The highest BCUT2D eigenvalue weighted by Crippen LogP contribution is 2.29. The van der Waals surface area contributed by atoms with E-state index in [2.05, 4.69) is 23.6 Å². The van der Waals surface area contributed by atoms with Crippen molar-refractivity contribution in [3.63, 3.8) is 0 Å². The molecule has 2 aliphatic rings. The van der Waals surface area contributed by atoms with E-state index in [0.717, 1.165) is 48.3 Å². The molecule has 0 spiro atoms. The van der Waals surface area contributed by atoms with Crippen LogP contribution in [0, 0.1) is 5.92 Å². The molecule has 4 rings (SSSR count). The van der Waals surface area contributed by atoms with Crippen molar-refractivity contribution in [3.8, 4) is 5.75 Å². The molecule has 2 aromatic carbocycles. The number of rotatable bonds is 6. The van der Waals surface area contributed by atoms with Crippen molar-refractivity contribution < 1.29 is 9.53 Å². The predicted molar refractivity (Wildman–Crippen MR) is 114 cm³/mol. The second-order valence-electron chi connectivity index (χ2n) is 8.78. The third-order valence-corrected chi connectivity index (χ3v) is 6.35. The average Bonchev–Trinajstić information content (AvgIpc) is 2.66. The molecule has 0 radical (unpaired) electrons. The number of carbonyl (C=O) groups is 1. The molecule has 0 aromatic heterocycles. The van der Waals surface area contributed by atoms with Gasteiger partial charge in [-0.25, -0.2) is 0 Å². The lowest BCUT2D eigenvalue weighted by Gasteiger charge is -2.46. The Bertz CT molecular complexity index is 844. The number of benzene rings is 2. The molecule has 4 heteroatoms. The number of piperazine rings is 1. The van der Waals surface area contributed by atoms with Crippen LogP contribution in [-0.2, 0) is 0 Å². The van der Waals surface area contributed by atoms with Crippen LogP contribution in [0.1, 0.15) is 43.5 Å². The second kappa shape index (κ2) is 8.22. The molecule has 0 N–H and O–H groups in total. The fraction of sp³-hybridized carbons (Fsp3) is 0.542. The van der Waals surface area contributed by atoms with Crippen LogP contribution in [-0.4, -0.2) is 61.0 Å². The Kier molecular flexibility index (Phi) is 5.70. The summed E-state index contributed by atoms with van der Waals surface area (Å²) in [5.74, 6) is 1.68. The Morgan fingerprint density at radius 1 is 1.11 bits per heavy atom. The number of fused-ring (bicyclic) bond motifs is 1. The normalized spacial score (nSPS) is 21.8. The first-order valence-corrected chi connectivity index (χ1v) is 10.7. The fourth-order valence-electron chi connectivity index (χ4n) is 4.56. The summed E-state index contributed by atoms with van der Waals surface area (Å²) in [4.78, 5) is 18.5. The van der Waals surface area contributed by atoms with Gasteiger partial charge in [0.25, 0.3) is 0 Å². The largest absolute Gasteiger partial charge is 0.497 e. The van der Waals surface area contributed by atoms with Crippen LogP contribution in [0.5, 0.6) is 5.75 Å². The van der Waals surface area contributed by atoms with E-state index < -0.39 is 0 Å². The van der Waals surface area contributed by atoms with E-state index in [9.17, 15) is 4.79 Å². The molecular weight excluding hydrogens is 348 g/mol. The fourth-order valence-corrected chi connectivity index (χ4v) is 4.56. The molecule has 28 heavy (non-hydrogen) atoms. The van der Waals surface area contributed by atoms with Gasteiger partial charge in [-0.15, -0.1) is 0 Å². The predicted octanol–water partition coefficient (Wildman–Crippen LogP) is 4.23. The molecule has 1 aliphatic heterocycles. The molecule has 150 valence electrons. The van der Waals surface area contributed by atoms with Gasteiger partial charge in [-0.05, 0) is 47.7 Å². The lowest BCUT2D eigenvalue weighted by molar-refractivity contribution is 0.0197. The van der Waals surface area contributed by atoms with Crippen molar-refractivity contribution in [2.24, 2.45) is 5.92 Å². The van der Waals surface area contributed by atoms with E-state index in [1.165, 1.54) is 19.3 Å². The summed E-state index contributed by atoms with van der Waals surface area (Å²) >= 11 is 0. The summed E-state index contributed by atoms with van der Waals surface area (Å²) in [5.41, 5.74) is 0.826. The van der Waals surface area contributed by atoms with Gasteiger partial charge in [0.2, 0.25) is 0 Å². The lowest BCUT2D eigenvalue weighted by atomic mass is 9.89. The van der Waals surface area contributed by atoms with Gasteiger partial charge in [0.05, 0.1) is 13.2 Å². The standard InChI is InChI=1S/C24H32N2O2/c1-17(2)15-26-12-11-25(21-5-4-6-21)16-23(26)24(27)20-8-7-19-14-22(28-3)10-9-18(19)13-20/h7-10,13-14,17,21,23H,4-6,11-12,15-16H2,1-3H3. The molecule has 1 saturated carbocycles. The van der Waals surface area contributed by atoms with Crippen molar-refractivity contribution in [3.05, 3.63) is 42.0 Å². The Morgan fingerprint density at radius 3 is 2.54 bits per heavy atom. The topological polar surface area (TPSA) is 32.8 Å². The van der Waals surface area contributed by atoms with Crippen LogP contribution in [0.3, 0.4) is 0 Å². The monoisotopic (exact) mass is 380 g/mol. The molecule has 2 fully saturated rings. The zero-order valence-corrected chi connectivity index (χ0v) is 17.4. The van der Waals surface area contributed by atoms with Crippen molar-refractivity contribution in [2.45, 2.75) is 45.2 Å². The van der Waals surface area contributed by atoms with Crippen LogP contribution in [0.4, 0.5) is 0 Å². The quantitative estimate of drug-likeness (QED) is 0.702. The second-order valence-corrected chi connectivity index (χ2v) is 8.78. The van der Waals surface area contributed by atoms with E-state index in [-0.39, 0.29) is 11.8 Å². The van der Waals surface area contributed by atoms with Crippen LogP contribution in [0.15, 0.2) is 36.4 Å². The molecule has 4 nitrogen and oxygen atoms in total. The van der Waals surface area contributed by atoms with E-state index in [1.807, 2.05) is 36.4 Å². The zero-order chi connectivity index (χ0) is 19.7. The molecule has 2 aromatic rings. The molecule has 1 atom stereocenters. The third-order valence-electron chi connectivity index (χ3n) is 6.35. The number of carbonyl (C=O) groups excluding carboxylic acids is 1. The summed E-state index contributed by atoms with van der Waals surface area (Å²) in [5, 5.41) is 2.20. The highest BCUT2D eigenvalue weighted by Gasteiger charge is 2.37. The van der Waals surface area contributed by atoms with Crippen molar-refractivity contribution in [2.75, 3.05) is 33.3 Å². The van der Waals surface area contributed by atoms with E-state index >= 15 is 0 Å². The van der Waals surface area contributed by atoms with Crippen LogP contribution in [0.2, 0.25) is 0 Å². The van der Waals surface area contributed by atoms with Crippen molar-refractivity contribution in [1.29, 1.82) is 0 Å². The summed E-state index contributed by atoms with van der Waals surface area (Å²) in [6.07, 6.45) is 3.93. The highest BCUT2D eigenvalue weighted by molar-refractivity contribution is 6.03. The minimum Gasteiger partial charge on any atom is -0.497 e. The smallest absolute Gasteiger partial charge is 0.181 e. The van der Waals surface area contributed by atoms with E-state index in [4.69, 9.17) is 4.74 Å². The van der Waals surface area contributed by atoms with Crippen molar-refractivity contribution in [1.82, 2.24) is 9.80 Å². The highest BCUT2D eigenvalue weighted by atomic mass is 16.5. The summed E-state index contributed by atoms with van der Waals surface area (Å²) in [7, 11) is 1.68. The SMILES string of the molecule is COc1ccc2cc(C(=O)C3CN(C4CCC4)CCN3CC(C)C)ccc2c1. The minimum atomic E-state index is -0.0348. The van der Waals surface area contributed by atoms with Gasteiger partial charge in [0, 0.05) is 37.8 Å². The van der Waals surface area contributed by atoms with Gasteiger partial charge in [0.15, 0.2) is 5.78 Å². The maximum Gasteiger partial charge on any atom is 0.181 e. The van der Waals surface area contributed by atoms with Crippen LogP contribution >= 0.6 is 0 Å². The van der Waals surface area contributed by atoms with E-state index in [0.29, 0.717) is 12.0 Å². The number of nitrogens with zero attached hydrogens (tertiary/aromatic N) is 2. The minimum absolute atomic E-state index is 0.0348. The molecule has 1 heterocycles. The Balaban J connectivity index is 1.59.